The summed E-state index contributed by atoms with van der Waals surface area (Å²) in [4.78, 5) is 4.82. The van der Waals surface area contributed by atoms with Gasteiger partial charge in [0.15, 0.2) is 5.82 Å². The van der Waals surface area contributed by atoms with E-state index in [0.717, 1.165) is 69.1 Å². The van der Waals surface area contributed by atoms with Crippen molar-refractivity contribution in [3.8, 4) is 23.4 Å². The van der Waals surface area contributed by atoms with Gasteiger partial charge in [-0.05, 0) is 50.9 Å². The number of unbranched alkanes of at least 4 members (excludes halogenated alkanes) is 1. The molecule has 0 bridgehead atoms. The third-order valence-electron chi connectivity index (χ3n) is 5.41. The molecule has 1 aromatic heterocycles. The highest BCUT2D eigenvalue weighted by molar-refractivity contribution is 5.64. The monoisotopic (exact) mass is 376 g/mol. The molecular formula is C22H28N6. The lowest BCUT2D eigenvalue weighted by Crippen LogP contribution is -2.46. The molecule has 1 saturated heterocycles. The lowest BCUT2D eigenvalue weighted by atomic mass is 9.89. The topological polar surface area (TPSA) is 82.7 Å². The first-order valence-electron chi connectivity index (χ1n) is 9.95. The molecule has 1 aliphatic heterocycles. The summed E-state index contributed by atoms with van der Waals surface area (Å²) in [6.07, 6.45) is 3.22. The van der Waals surface area contributed by atoms with E-state index in [1.165, 1.54) is 0 Å². The van der Waals surface area contributed by atoms with E-state index < -0.39 is 0 Å². The minimum Gasteiger partial charge on any atom is -0.353 e. The molecule has 0 aliphatic carbocycles. The Morgan fingerprint density at radius 3 is 2.43 bits per heavy atom. The minimum atomic E-state index is -0.203. The van der Waals surface area contributed by atoms with Crippen LogP contribution >= 0.6 is 0 Å². The van der Waals surface area contributed by atoms with Crippen molar-refractivity contribution in [1.29, 1.82) is 10.5 Å². The summed E-state index contributed by atoms with van der Waals surface area (Å²) >= 11 is 0. The molecule has 3 rings (SSSR count). The number of piperazine rings is 1. The number of rotatable bonds is 7. The van der Waals surface area contributed by atoms with Gasteiger partial charge in [-0.2, -0.15) is 15.6 Å². The smallest absolute Gasteiger partial charge is 0.151 e. The van der Waals surface area contributed by atoms with Crippen molar-refractivity contribution in [3.63, 3.8) is 0 Å². The zero-order chi connectivity index (χ0) is 20.0. The molecule has 0 radical (unpaired) electrons. The van der Waals surface area contributed by atoms with Gasteiger partial charge < -0.3 is 4.90 Å². The standard InChI is InChI=1S/C22H28N6/c1-22(2,17-24)9-3-4-10-27-11-13-28(14-12-27)21-15-20(25-26-21)19-7-5-18(16-23)6-8-19/h5-8,15H,3-4,9-14H2,1-2H3,(H,25,26). The van der Waals surface area contributed by atoms with Gasteiger partial charge in [-0.25, -0.2) is 0 Å². The van der Waals surface area contributed by atoms with Crippen molar-refractivity contribution in [2.45, 2.75) is 33.1 Å². The van der Waals surface area contributed by atoms with E-state index in [1.54, 1.807) is 0 Å². The third kappa shape index (κ3) is 5.12. The Morgan fingerprint density at radius 2 is 1.79 bits per heavy atom. The van der Waals surface area contributed by atoms with Crippen molar-refractivity contribution in [1.82, 2.24) is 15.1 Å². The first kappa shape index (κ1) is 19.9. The van der Waals surface area contributed by atoms with Crippen molar-refractivity contribution in [2.24, 2.45) is 5.41 Å². The number of hydrogen-bond donors (Lipinski definition) is 1. The van der Waals surface area contributed by atoms with Gasteiger partial charge in [0.25, 0.3) is 0 Å². The van der Waals surface area contributed by atoms with Gasteiger partial charge in [-0.15, -0.1) is 0 Å². The van der Waals surface area contributed by atoms with E-state index in [1.807, 2.05) is 38.1 Å². The summed E-state index contributed by atoms with van der Waals surface area (Å²) in [5, 5.41) is 25.6. The van der Waals surface area contributed by atoms with Crippen LogP contribution in [0, 0.1) is 28.1 Å². The van der Waals surface area contributed by atoms with Crippen molar-refractivity contribution < 1.29 is 0 Å². The van der Waals surface area contributed by atoms with Crippen LogP contribution in [0.1, 0.15) is 38.7 Å². The van der Waals surface area contributed by atoms with Crippen LogP contribution in [0.5, 0.6) is 0 Å². The number of nitrogens with zero attached hydrogens (tertiary/aromatic N) is 5. The molecule has 0 unspecified atom stereocenters. The summed E-state index contributed by atoms with van der Waals surface area (Å²) in [6, 6.07) is 14.1. The molecule has 28 heavy (non-hydrogen) atoms. The highest BCUT2D eigenvalue weighted by Crippen LogP contribution is 2.24. The Labute approximate surface area is 167 Å². The molecule has 2 aromatic rings. The van der Waals surface area contributed by atoms with Crippen LogP contribution in [0.2, 0.25) is 0 Å². The summed E-state index contributed by atoms with van der Waals surface area (Å²) in [6.45, 7) is 9.17. The van der Waals surface area contributed by atoms with Crippen LogP contribution in [0.25, 0.3) is 11.3 Å². The van der Waals surface area contributed by atoms with E-state index in [-0.39, 0.29) is 5.41 Å². The Hall–Kier alpha value is -2.83. The molecule has 1 fully saturated rings. The summed E-state index contributed by atoms with van der Waals surface area (Å²) in [5.41, 5.74) is 2.47. The largest absolute Gasteiger partial charge is 0.353 e. The molecule has 0 atom stereocenters. The maximum atomic E-state index is 9.09. The summed E-state index contributed by atoms with van der Waals surface area (Å²) in [7, 11) is 0. The fraction of sp³-hybridized carbons (Fsp3) is 0.500. The molecule has 1 aliphatic rings. The SMILES string of the molecule is CC(C)(C#N)CCCCN1CCN(c2cc(-c3ccc(C#N)cc3)[nH]n2)CC1. The molecule has 0 saturated carbocycles. The van der Waals surface area contributed by atoms with E-state index in [0.29, 0.717) is 5.56 Å². The number of aromatic amines is 1. The summed E-state index contributed by atoms with van der Waals surface area (Å²) in [5.74, 6) is 0.981. The Morgan fingerprint density at radius 1 is 1.07 bits per heavy atom. The van der Waals surface area contributed by atoms with Gasteiger partial charge in [0.2, 0.25) is 0 Å². The van der Waals surface area contributed by atoms with E-state index >= 15 is 0 Å². The highest BCUT2D eigenvalue weighted by Gasteiger charge is 2.20. The van der Waals surface area contributed by atoms with E-state index in [2.05, 4.69) is 38.2 Å². The van der Waals surface area contributed by atoms with E-state index in [4.69, 9.17) is 10.5 Å². The van der Waals surface area contributed by atoms with Gasteiger partial charge in [-0.3, -0.25) is 10.00 Å². The van der Waals surface area contributed by atoms with Gasteiger partial charge >= 0.3 is 0 Å². The molecule has 1 aromatic carbocycles. The predicted molar refractivity (Wildman–Crippen MR) is 111 cm³/mol. The first-order chi connectivity index (χ1) is 13.5. The molecule has 1 N–H and O–H groups in total. The predicted octanol–water partition coefficient (Wildman–Crippen LogP) is 3.79. The fourth-order valence-electron chi connectivity index (χ4n) is 3.50. The van der Waals surface area contributed by atoms with Crippen molar-refractivity contribution in [2.75, 3.05) is 37.6 Å². The van der Waals surface area contributed by atoms with Crippen LogP contribution < -0.4 is 4.90 Å². The number of nitriles is 2. The highest BCUT2D eigenvalue weighted by atomic mass is 15.3. The molecule has 6 heteroatoms. The van der Waals surface area contributed by atoms with Gasteiger partial charge in [-0.1, -0.05) is 18.6 Å². The van der Waals surface area contributed by atoms with Crippen LogP contribution in [-0.4, -0.2) is 47.8 Å². The van der Waals surface area contributed by atoms with Crippen LogP contribution in [0.4, 0.5) is 5.82 Å². The second-order valence-corrected chi connectivity index (χ2v) is 8.11. The molecule has 146 valence electrons. The molecule has 0 amide bonds. The Bertz CT molecular complexity index is 844. The summed E-state index contributed by atoms with van der Waals surface area (Å²) < 4.78 is 0. The average Bonchev–Trinajstić information content (AvgIpc) is 3.22. The lowest BCUT2D eigenvalue weighted by molar-refractivity contribution is 0.247. The Kier molecular flexibility index (Phi) is 6.34. The van der Waals surface area contributed by atoms with Gasteiger partial charge in [0, 0.05) is 32.2 Å². The maximum absolute atomic E-state index is 9.09. The number of benzene rings is 1. The van der Waals surface area contributed by atoms with Crippen molar-refractivity contribution in [3.05, 3.63) is 35.9 Å². The third-order valence-corrected chi connectivity index (χ3v) is 5.41. The van der Waals surface area contributed by atoms with Crippen LogP contribution in [-0.2, 0) is 0 Å². The number of anilines is 1. The lowest BCUT2D eigenvalue weighted by Gasteiger charge is -2.34. The second kappa shape index (κ2) is 8.91. The normalized spacial score (nSPS) is 15.2. The minimum absolute atomic E-state index is 0.203. The fourth-order valence-corrected chi connectivity index (χ4v) is 3.50. The Balaban J connectivity index is 1.46. The molecular weight excluding hydrogens is 348 g/mol. The molecule has 0 spiro atoms. The zero-order valence-corrected chi connectivity index (χ0v) is 16.8. The van der Waals surface area contributed by atoms with Crippen molar-refractivity contribution >= 4 is 5.82 Å². The van der Waals surface area contributed by atoms with Crippen LogP contribution in [0.3, 0.4) is 0 Å². The maximum Gasteiger partial charge on any atom is 0.151 e. The van der Waals surface area contributed by atoms with E-state index in [9.17, 15) is 0 Å². The number of aromatic nitrogens is 2. The van der Waals surface area contributed by atoms with Gasteiger partial charge in [0.05, 0.1) is 28.8 Å². The molecule has 6 nitrogen and oxygen atoms in total. The average molecular weight is 377 g/mol. The zero-order valence-electron chi connectivity index (χ0n) is 16.8. The first-order valence-corrected chi connectivity index (χ1v) is 9.95. The van der Waals surface area contributed by atoms with Gasteiger partial charge in [0.1, 0.15) is 0 Å². The second-order valence-electron chi connectivity index (χ2n) is 8.11. The molecule has 2 heterocycles. The quantitative estimate of drug-likeness (QED) is 0.743. The van der Waals surface area contributed by atoms with Crippen LogP contribution in [0.15, 0.2) is 30.3 Å². The number of nitrogens with one attached hydrogen (secondary N) is 1. The number of hydrogen-bond acceptors (Lipinski definition) is 5. The number of H-pyrrole nitrogens is 1.